The number of rotatable bonds is 6. The third kappa shape index (κ3) is 5.89. The molecule has 0 spiro atoms. The van der Waals surface area contributed by atoms with Crippen LogP contribution in [0.3, 0.4) is 0 Å². The zero-order valence-electron chi connectivity index (χ0n) is 23.0. The van der Waals surface area contributed by atoms with Crippen molar-refractivity contribution in [2.24, 2.45) is 11.8 Å². The first kappa shape index (κ1) is 28.4. The number of nitrogens with zero attached hydrogens (tertiary/aromatic N) is 6. The number of hydrogen-bond acceptors (Lipinski definition) is 5. The van der Waals surface area contributed by atoms with Crippen molar-refractivity contribution in [2.45, 2.75) is 64.0 Å². The summed E-state index contributed by atoms with van der Waals surface area (Å²) in [5.74, 6) is -5.63. The Morgan fingerprint density at radius 1 is 1.21 bits per heavy atom. The second-order valence-corrected chi connectivity index (χ2v) is 11.6. The number of hydrogen-bond donors (Lipinski definition) is 1. The monoisotopic (exact) mass is 546 g/mol. The van der Waals surface area contributed by atoms with Crippen LogP contribution in [0, 0.1) is 11.8 Å². The summed E-state index contributed by atoms with van der Waals surface area (Å²) in [6, 6.07) is 2.37. The maximum Gasteiger partial charge on any atom is 0.408 e. The number of pyridine rings is 1. The Morgan fingerprint density at radius 3 is 2.46 bits per heavy atom. The summed E-state index contributed by atoms with van der Waals surface area (Å²) in [5.41, 5.74) is 1.65. The molecule has 3 atom stereocenters. The predicted octanol–water partition coefficient (Wildman–Crippen LogP) is 3.63. The van der Waals surface area contributed by atoms with E-state index in [0.717, 1.165) is 26.6 Å². The van der Waals surface area contributed by atoms with E-state index in [0.29, 0.717) is 19.3 Å². The highest BCUT2D eigenvalue weighted by Gasteiger charge is 2.52. The number of allylic oxidation sites excluding steroid dienone is 2. The molecule has 0 aromatic carbocycles. The lowest BCUT2D eigenvalue weighted by Crippen LogP contribution is -2.63. The molecule has 0 radical (unpaired) electrons. The van der Waals surface area contributed by atoms with Crippen molar-refractivity contribution in [3.63, 3.8) is 0 Å². The van der Waals surface area contributed by atoms with Crippen LogP contribution >= 0.6 is 0 Å². The Hall–Kier alpha value is -3.57. The van der Waals surface area contributed by atoms with Gasteiger partial charge < -0.3 is 14.9 Å². The van der Waals surface area contributed by atoms with Crippen LogP contribution in [0.1, 0.15) is 52.0 Å². The SMILES string of the molecule is CN(C)C(=O)[C@@H](C1CC=C(c2ccc3ncnn3c2)CC1)[C@@H](C(=O)N1CCC(F)(F)C1)N(C(=O)O)C(C)(C)C. The van der Waals surface area contributed by atoms with E-state index in [2.05, 4.69) is 10.1 Å². The number of carbonyl (C=O) groups excluding carboxylic acids is 2. The molecule has 1 fully saturated rings. The summed E-state index contributed by atoms with van der Waals surface area (Å²) >= 11 is 0. The van der Waals surface area contributed by atoms with Gasteiger partial charge in [-0.15, -0.1) is 0 Å². The van der Waals surface area contributed by atoms with Crippen LogP contribution in [0.25, 0.3) is 11.2 Å². The fraction of sp³-hybridized carbons (Fsp3) is 0.593. The average molecular weight is 547 g/mol. The number of carboxylic acid groups (broad SMARTS) is 1. The summed E-state index contributed by atoms with van der Waals surface area (Å²) in [4.78, 5) is 47.7. The molecule has 10 nitrogen and oxygen atoms in total. The second-order valence-electron chi connectivity index (χ2n) is 11.6. The van der Waals surface area contributed by atoms with Gasteiger partial charge in [-0.1, -0.05) is 6.08 Å². The Labute approximate surface area is 226 Å². The van der Waals surface area contributed by atoms with E-state index < -0.39 is 54.3 Å². The Morgan fingerprint density at radius 2 is 1.92 bits per heavy atom. The van der Waals surface area contributed by atoms with Gasteiger partial charge in [0.2, 0.25) is 11.8 Å². The topological polar surface area (TPSA) is 111 Å². The molecule has 2 aromatic heterocycles. The smallest absolute Gasteiger partial charge is 0.408 e. The molecule has 0 saturated carbocycles. The van der Waals surface area contributed by atoms with Crippen molar-refractivity contribution in [1.82, 2.24) is 29.3 Å². The zero-order chi connectivity index (χ0) is 28.7. The molecule has 1 aliphatic carbocycles. The van der Waals surface area contributed by atoms with Gasteiger partial charge in [0.25, 0.3) is 5.92 Å². The van der Waals surface area contributed by atoms with E-state index in [-0.39, 0.29) is 12.5 Å². The van der Waals surface area contributed by atoms with Crippen molar-refractivity contribution in [1.29, 1.82) is 0 Å². The number of likely N-dealkylation sites (tertiary alicyclic amines) is 1. The van der Waals surface area contributed by atoms with Crippen LogP contribution in [0.4, 0.5) is 13.6 Å². The molecule has 1 N–H and O–H groups in total. The molecule has 2 aliphatic rings. The van der Waals surface area contributed by atoms with Gasteiger partial charge in [0.1, 0.15) is 12.4 Å². The Bertz CT molecular complexity index is 1280. The summed E-state index contributed by atoms with van der Waals surface area (Å²) < 4.78 is 29.9. The van der Waals surface area contributed by atoms with E-state index in [1.807, 2.05) is 24.4 Å². The molecule has 1 saturated heterocycles. The molecule has 1 unspecified atom stereocenters. The first-order valence-electron chi connectivity index (χ1n) is 13.1. The number of carbonyl (C=O) groups is 3. The van der Waals surface area contributed by atoms with E-state index in [4.69, 9.17) is 0 Å². The molecule has 39 heavy (non-hydrogen) atoms. The van der Waals surface area contributed by atoms with Crippen molar-refractivity contribution in [3.8, 4) is 0 Å². The minimum absolute atomic E-state index is 0.192. The van der Waals surface area contributed by atoms with Crippen LogP contribution in [0.5, 0.6) is 0 Å². The lowest BCUT2D eigenvalue weighted by molar-refractivity contribution is -0.150. The largest absolute Gasteiger partial charge is 0.465 e. The third-order valence-corrected chi connectivity index (χ3v) is 7.61. The van der Waals surface area contributed by atoms with Gasteiger partial charge in [-0.25, -0.2) is 23.1 Å². The molecular formula is C27H36F2N6O4. The molecule has 3 amide bonds. The van der Waals surface area contributed by atoms with E-state index >= 15 is 0 Å². The minimum Gasteiger partial charge on any atom is -0.465 e. The lowest BCUT2D eigenvalue weighted by Gasteiger charge is -2.45. The van der Waals surface area contributed by atoms with Crippen LogP contribution in [0.2, 0.25) is 0 Å². The van der Waals surface area contributed by atoms with Gasteiger partial charge in [0.05, 0.1) is 12.5 Å². The fourth-order valence-corrected chi connectivity index (χ4v) is 5.70. The van der Waals surface area contributed by atoms with Gasteiger partial charge in [0, 0.05) is 38.8 Å². The highest BCUT2D eigenvalue weighted by Crippen LogP contribution is 2.40. The highest BCUT2D eigenvalue weighted by molar-refractivity contribution is 5.93. The van der Waals surface area contributed by atoms with Crippen LogP contribution in [-0.2, 0) is 9.59 Å². The van der Waals surface area contributed by atoms with Crippen LogP contribution < -0.4 is 0 Å². The van der Waals surface area contributed by atoms with E-state index in [1.54, 1.807) is 39.4 Å². The molecule has 1 aliphatic heterocycles. The van der Waals surface area contributed by atoms with Crippen LogP contribution in [0.15, 0.2) is 30.7 Å². The number of aromatic nitrogens is 3. The number of alkyl halides is 2. The lowest BCUT2D eigenvalue weighted by atomic mass is 9.74. The average Bonchev–Trinajstić information content (AvgIpc) is 3.47. The summed E-state index contributed by atoms with van der Waals surface area (Å²) in [6.45, 7) is 3.92. The molecule has 2 aromatic rings. The molecule has 0 bridgehead atoms. The summed E-state index contributed by atoms with van der Waals surface area (Å²) in [6.07, 6.45) is 5.02. The maximum atomic E-state index is 14.1. The zero-order valence-corrected chi connectivity index (χ0v) is 23.0. The first-order chi connectivity index (χ1) is 18.2. The molecule has 4 rings (SSSR count). The number of halogens is 2. The molecule has 12 heteroatoms. The third-order valence-electron chi connectivity index (χ3n) is 7.61. The van der Waals surface area contributed by atoms with Gasteiger partial charge in [0.15, 0.2) is 5.65 Å². The van der Waals surface area contributed by atoms with E-state index in [1.165, 1.54) is 11.2 Å². The van der Waals surface area contributed by atoms with Crippen LogP contribution in [-0.4, -0.2) is 97.0 Å². The Kier molecular flexibility index (Phi) is 7.68. The fourth-order valence-electron chi connectivity index (χ4n) is 5.70. The molecule has 212 valence electrons. The highest BCUT2D eigenvalue weighted by atomic mass is 19.3. The van der Waals surface area contributed by atoms with Gasteiger partial charge in [-0.3, -0.25) is 14.5 Å². The normalized spacial score (nSPS) is 20.8. The standard InChI is InChI=1S/C27H36F2N6O4/c1-26(2,3)35(25(38)39)22(24(37)33-13-12-27(28,29)15-33)21(23(36)32(4)5)18-8-6-17(7-9-18)19-10-11-20-30-16-31-34(20)14-19/h6,10-11,14,16,18,21-22H,7-9,12-13,15H2,1-5H3,(H,38,39)/t18?,21-,22-/m0/s1. The quantitative estimate of drug-likeness (QED) is 0.592. The van der Waals surface area contributed by atoms with Crippen molar-refractivity contribution in [3.05, 3.63) is 36.3 Å². The van der Waals surface area contributed by atoms with Crippen molar-refractivity contribution in [2.75, 3.05) is 27.2 Å². The van der Waals surface area contributed by atoms with Gasteiger partial charge >= 0.3 is 6.09 Å². The number of amides is 3. The second kappa shape index (κ2) is 10.5. The maximum absolute atomic E-state index is 14.1. The molecular weight excluding hydrogens is 510 g/mol. The van der Waals surface area contributed by atoms with Gasteiger partial charge in [-0.2, -0.15) is 5.10 Å². The van der Waals surface area contributed by atoms with Crippen molar-refractivity contribution < 1.29 is 28.3 Å². The molecule has 3 heterocycles. The van der Waals surface area contributed by atoms with Crippen molar-refractivity contribution >= 4 is 29.1 Å². The number of fused-ring (bicyclic) bond motifs is 1. The Balaban J connectivity index is 1.72. The summed E-state index contributed by atoms with van der Waals surface area (Å²) in [7, 11) is 3.11. The first-order valence-corrected chi connectivity index (χ1v) is 13.1. The minimum atomic E-state index is -3.05. The van der Waals surface area contributed by atoms with Gasteiger partial charge in [-0.05, 0) is 69.2 Å². The van der Waals surface area contributed by atoms with E-state index in [9.17, 15) is 28.3 Å². The predicted molar refractivity (Wildman–Crippen MR) is 140 cm³/mol. The summed E-state index contributed by atoms with van der Waals surface area (Å²) in [5, 5.41) is 14.4.